The number of hydrogen-bond donors (Lipinski definition) is 0. The number of ether oxygens (including phenoxy) is 1. The summed E-state index contributed by atoms with van der Waals surface area (Å²) >= 11 is 0. The summed E-state index contributed by atoms with van der Waals surface area (Å²) in [5.41, 5.74) is 1.07. The van der Waals surface area contributed by atoms with Crippen LogP contribution in [0.5, 0.6) is 0 Å². The summed E-state index contributed by atoms with van der Waals surface area (Å²) in [6, 6.07) is 10.0. The Balaban J connectivity index is 2.15. The molecule has 0 saturated heterocycles. The van der Waals surface area contributed by atoms with Crippen molar-refractivity contribution in [2.75, 3.05) is 13.2 Å². The van der Waals surface area contributed by atoms with E-state index in [0.717, 1.165) is 25.0 Å². The molecule has 1 heteroatoms. The lowest BCUT2D eigenvalue weighted by Crippen LogP contribution is -1.92. The predicted molar refractivity (Wildman–Crippen MR) is 63.6 cm³/mol. The van der Waals surface area contributed by atoms with E-state index < -0.39 is 0 Å². The van der Waals surface area contributed by atoms with Crippen LogP contribution < -0.4 is 0 Å². The third kappa shape index (κ3) is 5.72. The molecule has 1 nitrogen and oxygen atoms in total. The molecule has 78 valence electrons. The van der Waals surface area contributed by atoms with Gasteiger partial charge in [0.05, 0.1) is 6.61 Å². The van der Waals surface area contributed by atoms with Gasteiger partial charge in [0.15, 0.2) is 0 Å². The normalized spacial score (nSPS) is 9.07. The quantitative estimate of drug-likeness (QED) is 0.403. The van der Waals surface area contributed by atoms with Crippen molar-refractivity contribution < 1.29 is 4.74 Å². The van der Waals surface area contributed by atoms with Crippen LogP contribution in [-0.4, -0.2) is 13.2 Å². The van der Waals surface area contributed by atoms with Crippen LogP contribution in [0.4, 0.5) is 0 Å². The van der Waals surface area contributed by atoms with Gasteiger partial charge in [0, 0.05) is 18.6 Å². The summed E-state index contributed by atoms with van der Waals surface area (Å²) in [5, 5.41) is 0. The lowest BCUT2D eigenvalue weighted by atomic mass is 10.2. The van der Waals surface area contributed by atoms with Crippen LogP contribution >= 0.6 is 0 Å². The summed E-state index contributed by atoms with van der Waals surface area (Å²) in [5.74, 6) is 6.23. The van der Waals surface area contributed by atoms with E-state index in [2.05, 4.69) is 18.4 Å². The highest BCUT2D eigenvalue weighted by molar-refractivity contribution is 5.33. The van der Waals surface area contributed by atoms with Crippen molar-refractivity contribution in [1.82, 2.24) is 0 Å². The number of hydrogen-bond acceptors (Lipinski definition) is 1. The minimum atomic E-state index is 0.631. The largest absolute Gasteiger partial charge is 0.377 e. The molecule has 0 saturated carbocycles. The second kappa shape index (κ2) is 7.84. The zero-order chi connectivity index (χ0) is 10.8. The molecule has 0 fully saturated rings. The number of unbranched alkanes of at least 4 members (excludes halogenated alkanes) is 1. The minimum Gasteiger partial charge on any atom is -0.377 e. The minimum absolute atomic E-state index is 0.631. The number of rotatable bonds is 5. The average molecular weight is 200 g/mol. The fourth-order valence-electron chi connectivity index (χ4n) is 1.12. The maximum Gasteiger partial charge on any atom is 0.0644 e. The first kappa shape index (κ1) is 11.6. The predicted octanol–water partition coefficient (Wildman–Crippen LogP) is 3.02. The van der Waals surface area contributed by atoms with E-state index in [9.17, 15) is 0 Å². The topological polar surface area (TPSA) is 9.23 Å². The molecule has 1 aromatic rings. The third-order valence-electron chi connectivity index (χ3n) is 1.83. The molecule has 0 amide bonds. The molecule has 0 atom stereocenters. The SMILES string of the molecule is C=CCOCCCC#Cc1ccccc1. The molecule has 0 N–H and O–H groups in total. The molecule has 0 aromatic heterocycles. The van der Waals surface area contributed by atoms with E-state index in [1.54, 1.807) is 6.08 Å². The molecular weight excluding hydrogens is 184 g/mol. The molecular formula is C14H16O. The van der Waals surface area contributed by atoms with Crippen LogP contribution in [0.15, 0.2) is 43.0 Å². The summed E-state index contributed by atoms with van der Waals surface area (Å²) in [6.45, 7) is 4.97. The van der Waals surface area contributed by atoms with Crippen LogP contribution in [0.1, 0.15) is 18.4 Å². The summed E-state index contributed by atoms with van der Waals surface area (Å²) in [6.07, 6.45) is 3.62. The van der Waals surface area contributed by atoms with Crippen molar-refractivity contribution in [2.45, 2.75) is 12.8 Å². The van der Waals surface area contributed by atoms with Crippen molar-refractivity contribution in [3.8, 4) is 11.8 Å². The zero-order valence-corrected chi connectivity index (χ0v) is 8.91. The maximum absolute atomic E-state index is 5.25. The first-order valence-corrected chi connectivity index (χ1v) is 5.16. The summed E-state index contributed by atoms with van der Waals surface area (Å²) < 4.78 is 5.25. The first-order chi connectivity index (χ1) is 7.43. The molecule has 0 heterocycles. The lowest BCUT2D eigenvalue weighted by molar-refractivity contribution is 0.161. The highest BCUT2D eigenvalue weighted by Gasteiger charge is 1.84. The Hall–Kier alpha value is -1.52. The highest BCUT2D eigenvalue weighted by Crippen LogP contribution is 1.96. The lowest BCUT2D eigenvalue weighted by Gasteiger charge is -1.96. The van der Waals surface area contributed by atoms with Crippen molar-refractivity contribution in [3.63, 3.8) is 0 Å². The van der Waals surface area contributed by atoms with E-state index >= 15 is 0 Å². The van der Waals surface area contributed by atoms with Gasteiger partial charge in [0.2, 0.25) is 0 Å². The van der Waals surface area contributed by atoms with Crippen molar-refractivity contribution in [2.24, 2.45) is 0 Å². The van der Waals surface area contributed by atoms with Gasteiger partial charge in [-0.2, -0.15) is 0 Å². The molecule has 0 spiro atoms. The highest BCUT2D eigenvalue weighted by atomic mass is 16.5. The molecule has 1 aromatic carbocycles. The number of benzene rings is 1. The van der Waals surface area contributed by atoms with Gasteiger partial charge in [-0.05, 0) is 18.6 Å². The second-order valence-corrected chi connectivity index (χ2v) is 3.13. The van der Waals surface area contributed by atoms with Crippen molar-refractivity contribution in [3.05, 3.63) is 48.6 Å². The van der Waals surface area contributed by atoms with Crippen molar-refractivity contribution >= 4 is 0 Å². The molecule has 15 heavy (non-hydrogen) atoms. The second-order valence-electron chi connectivity index (χ2n) is 3.13. The van der Waals surface area contributed by atoms with Crippen LogP contribution in [0.2, 0.25) is 0 Å². The van der Waals surface area contributed by atoms with Gasteiger partial charge >= 0.3 is 0 Å². The molecule has 0 bridgehead atoms. The van der Waals surface area contributed by atoms with E-state index in [0.29, 0.717) is 6.61 Å². The zero-order valence-electron chi connectivity index (χ0n) is 8.91. The van der Waals surface area contributed by atoms with Gasteiger partial charge in [-0.25, -0.2) is 0 Å². The van der Waals surface area contributed by atoms with Gasteiger partial charge in [-0.3, -0.25) is 0 Å². The molecule has 0 unspecified atom stereocenters. The summed E-state index contributed by atoms with van der Waals surface area (Å²) in [7, 11) is 0. The van der Waals surface area contributed by atoms with E-state index in [4.69, 9.17) is 4.74 Å². The Morgan fingerprint density at radius 3 is 2.80 bits per heavy atom. The van der Waals surface area contributed by atoms with E-state index in [-0.39, 0.29) is 0 Å². The van der Waals surface area contributed by atoms with Gasteiger partial charge < -0.3 is 4.74 Å². The average Bonchev–Trinajstić information content (AvgIpc) is 2.29. The Bertz CT molecular complexity index is 329. The molecule has 0 aliphatic rings. The Morgan fingerprint density at radius 2 is 2.07 bits per heavy atom. The van der Waals surface area contributed by atoms with Gasteiger partial charge in [-0.15, -0.1) is 6.58 Å². The molecule has 0 aliphatic heterocycles. The third-order valence-corrected chi connectivity index (χ3v) is 1.83. The Labute approximate surface area is 91.8 Å². The fourth-order valence-corrected chi connectivity index (χ4v) is 1.12. The fraction of sp³-hybridized carbons (Fsp3) is 0.286. The maximum atomic E-state index is 5.25. The van der Waals surface area contributed by atoms with Gasteiger partial charge in [0.25, 0.3) is 0 Å². The molecule has 0 aliphatic carbocycles. The standard InChI is InChI=1S/C14H16O/c1-2-12-15-13-8-4-7-11-14-9-5-3-6-10-14/h2-3,5-6,9-10H,1,4,8,12-13H2. The van der Waals surface area contributed by atoms with Gasteiger partial charge in [0.1, 0.15) is 0 Å². The van der Waals surface area contributed by atoms with E-state index in [1.165, 1.54) is 0 Å². The van der Waals surface area contributed by atoms with Crippen LogP contribution in [0, 0.1) is 11.8 Å². The van der Waals surface area contributed by atoms with E-state index in [1.807, 2.05) is 30.3 Å². The Kier molecular flexibility index (Phi) is 6.04. The summed E-state index contributed by atoms with van der Waals surface area (Å²) in [4.78, 5) is 0. The smallest absolute Gasteiger partial charge is 0.0644 e. The van der Waals surface area contributed by atoms with Crippen LogP contribution in [0.25, 0.3) is 0 Å². The van der Waals surface area contributed by atoms with Crippen LogP contribution in [-0.2, 0) is 4.74 Å². The van der Waals surface area contributed by atoms with Gasteiger partial charge in [-0.1, -0.05) is 36.1 Å². The Morgan fingerprint density at radius 1 is 1.27 bits per heavy atom. The molecule has 1 rings (SSSR count). The monoisotopic (exact) mass is 200 g/mol. The van der Waals surface area contributed by atoms with Crippen molar-refractivity contribution in [1.29, 1.82) is 0 Å². The molecule has 0 radical (unpaired) electrons. The first-order valence-electron chi connectivity index (χ1n) is 5.16. The van der Waals surface area contributed by atoms with Crippen LogP contribution in [0.3, 0.4) is 0 Å².